The summed E-state index contributed by atoms with van der Waals surface area (Å²) >= 11 is 0. The van der Waals surface area contributed by atoms with Crippen molar-refractivity contribution in [3.05, 3.63) is 60.7 Å². The van der Waals surface area contributed by atoms with E-state index in [2.05, 4.69) is 66.8 Å². The maximum absolute atomic E-state index is 4.65. The molecule has 0 saturated carbocycles. The molecular formula is C25H29N7. The number of aromatic amines is 1. The van der Waals surface area contributed by atoms with Crippen LogP contribution in [0.1, 0.15) is 12.1 Å². The maximum Gasteiger partial charge on any atom is 0.0977 e. The van der Waals surface area contributed by atoms with E-state index in [0.29, 0.717) is 6.04 Å². The Morgan fingerprint density at radius 2 is 2.09 bits per heavy atom. The fourth-order valence-corrected chi connectivity index (χ4v) is 4.34. The summed E-state index contributed by atoms with van der Waals surface area (Å²) in [5.74, 6) is 0. The largest absolute Gasteiger partial charge is 0.382 e. The van der Waals surface area contributed by atoms with Crippen molar-refractivity contribution in [2.24, 2.45) is 0 Å². The SMILES string of the molecule is Cc1cccc(-c2[nH]cnc2-c2ccc3ncc(NCCN(C)[C@@H]4CCNC4)cc3c2)n1. The number of pyridine rings is 2. The number of anilines is 1. The van der Waals surface area contributed by atoms with Crippen LogP contribution in [-0.4, -0.2) is 64.1 Å². The molecule has 0 spiro atoms. The van der Waals surface area contributed by atoms with Crippen LogP contribution in [-0.2, 0) is 0 Å². The summed E-state index contributed by atoms with van der Waals surface area (Å²) < 4.78 is 0. The minimum Gasteiger partial charge on any atom is -0.382 e. The van der Waals surface area contributed by atoms with Gasteiger partial charge in [0, 0.05) is 42.3 Å². The molecule has 7 nitrogen and oxygen atoms in total. The average molecular weight is 428 g/mol. The molecule has 1 atom stereocenters. The van der Waals surface area contributed by atoms with Crippen molar-refractivity contribution in [2.45, 2.75) is 19.4 Å². The molecule has 32 heavy (non-hydrogen) atoms. The fourth-order valence-electron chi connectivity index (χ4n) is 4.34. The first-order valence-electron chi connectivity index (χ1n) is 11.2. The van der Waals surface area contributed by atoms with Crippen LogP contribution in [0.15, 0.2) is 55.0 Å². The molecule has 7 heteroatoms. The van der Waals surface area contributed by atoms with Crippen molar-refractivity contribution in [3.63, 3.8) is 0 Å². The van der Waals surface area contributed by atoms with Crippen molar-refractivity contribution >= 4 is 16.6 Å². The lowest BCUT2D eigenvalue weighted by molar-refractivity contribution is 0.266. The summed E-state index contributed by atoms with van der Waals surface area (Å²) in [6.07, 6.45) is 4.87. The monoisotopic (exact) mass is 427 g/mol. The van der Waals surface area contributed by atoms with Crippen molar-refractivity contribution in [2.75, 3.05) is 38.5 Å². The second-order valence-electron chi connectivity index (χ2n) is 8.48. The Kier molecular flexibility index (Phi) is 5.83. The maximum atomic E-state index is 4.65. The molecule has 5 rings (SSSR count). The molecule has 1 fully saturated rings. The highest BCUT2D eigenvalue weighted by atomic mass is 15.2. The van der Waals surface area contributed by atoms with Crippen LogP contribution >= 0.6 is 0 Å². The molecule has 1 aliphatic heterocycles. The number of imidazole rings is 1. The zero-order chi connectivity index (χ0) is 21.9. The van der Waals surface area contributed by atoms with Crippen molar-refractivity contribution in [1.29, 1.82) is 0 Å². The van der Waals surface area contributed by atoms with Gasteiger partial charge in [-0.05, 0) is 57.3 Å². The van der Waals surface area contributed by atoms with Gasteiger partial charge < -0.3 is 20.5 Å². The van der Waals surface area contributed by atoms with E-state index in [4.69, 9.17) is 0 Å². The topological polar surface area (TPSA) is 81.8 Å². The summed E-state index contributed by atoms with van der Waals surface area (Å²) in [5.41, 5.74) is 6.76. The molecule has 1 aromatic carbocycles. The summed E-state index contributed by atoms with van der Waals surface area (Å²) in [5, 5.41) is 8.05. The second-order valence-corrected chi connectivity index (χ2v) is 8.48. The van der Waals surface area contributed by atoms with E-state index in [1.807, 2.05) is 31.3 Å². The number of likely N-dealkylation sites (N-methyl/N-ethyl adjacent to an activating group) is 1. The number of aryl methyl sites for hydroxylation is 1. The molecule has 1 saturated heterocycles. The van der Waals surface area contributed by atoms with Gasteiger partial charge in [-0.2, -0.15) is 0 Å². The predicted molar refractivity (Wildman–Crippen MR) is 130 cm³/mol. The Hall–Kier alpha value is -3.29. The molecule has 0 radical (unpaired) electrons. The van der Waals surface area contributed by atoms with Gasteiger partial charge in [-0.3, -0.25) is 9.97 Å². The molecular weight excluding hydrogens is 398 g/mol. The van der Waals surface area contributed by atoms with Gasteiger partial charge in [0.1, 0.15) is 0 Å². The normalized spacial score (nSPS) is 16.2. The smallest absolute Gasteiger partial charge is 0.0977 e. The van der Waals surface area contributed by atoms with Gasteiger partial charge in [0.25, 0.3) is 0 Å². The van der Waals surface area contributed by atoms with E-state index >= 15 is 0 Å². The van der Waals surface area contributed by atoms with Gasteiger partial charge in [-0.1, -0.05) is 12.1 Å². The molecule has 3 N–H and O–H groups in total. The number of nitrogens with zero attached hydrogens (tertiary/aromatic N) is 4. The predicted octanol–water partition coefficient (Wildman–Crippen LogP) is 3.70. The minimum atomic E-state index is 0.639. The van der Waals surface area contributed by atoms with Gasteiger partial charge in [-0.15, -0.1) is 0 Å². The Morgan fingerprint density at radius 3 is 2.94 bits per heavy atom. The van der Waals surface area contributed by atoms with E-state index in [9.17, 15) is 0 Å². The molecule has 4 heterocycles. The Bertz CT molecular complexity index is 1210. The van der Waals surface area contributed by atoms with E-state index in [1.165, 1.54) is 6.42 Å². The Labute approximate surface area is 188 Å². The summed E-state index contributed by atoms with van der Waals surface area (Å²) in [7, 11) is 2.20. The second kappa shape index (κ2) is 9.06. The lowest BCUT2D eigenvalue weighted by Crippen LogP contribution is -2.36. The number of hydrogen-bond acceptors (Lipinski definition) is 6. The lowest BCUT2D eigenvalue weighted by atomic mass is 10.0. The van der Waals surface area contributed by atoms with Gasteiger partial charge in [0.15, 0.2) is 0 Å². The first-order chi connectivity index (χ1) is 15.7. The fraction of sp³-hybridized carbons (Fsp3) is 0.320. The molecule has 3 aromatic heterocycles. The van der Waals surface area contributed by atoms with Crippen LogP contribution < -0.4 is 10.6 Å². The first kappa shape index (κ1) is 20.6. The highest BCUT2D eigenvalue weighted by molar-refractivity contribution is 5.88. The molecule has 0 aliphatic carbocycles. The molecule has 0 unspecified atom stereocenters. The van der Waals surface area contributed by atoms with E-state index in [-0.39, 0.29) is 0 Å². The zero-order valence-corrected chi connectivity index (χ0v) is 18.6. The average Bonchev–Trinajstić information content (AvgIpc) is 3.51. The summed E-state index contributed by atoms with van der Waals surface area (Å²) in [4.78, 5) is 19.6. The first-order valence-corrected chi connectivity index (χ1v) is 11.2. The zero-order valence-electron chi connectivity index (χ0n) is 18.6. The third kappa shape index (κ3) is 4.35. The van der Waals surface area contributed by atoms with E-state index in [1.54, 1.807) is 6.33 Å². The van der Waals surface area contributed by atoms with Crippen molar-refractivity contribution in [1.82, 2.24) is 30.2 Å². The Balaban J connectivity index is 1.35. The summed E-state index contributed by atoms with van der Waals surface area (Å²) in [6, 6.07) is 15.1. The van der Waals surface area contributed by atoms with Crippen molar-refractivity contribution < 1.29 is 0 Å². The minimum absolute atomic E-state index is 0.639. The number of H-pyrrole nitrogens is 1. The van der Waals surface area contributed by atoms with Gasteiger partial charge >= 0.3 is 0 Å². The number of nitrogens with one attached hydrogen (secondary N) is 3. The summed E-state index contributed by atoms with van der Waals surface area (Å²) in [6.45, 7) is 6.10. The standard InChI is InChI=1S/C25H29N7/c1-17-4-3-5-23(31-17)25-24(29-16-30-25)18-6-7-22-19(12-18)13-20(14-28-22)27-10-11-32(2)21-8-9-26-15-21/h3-7,12-14,16,21,26-27H,8-11,15H2,1-2H3,(H,29,30)/t21-/m1/s1. The van der Waals surface area contributed by atoms with E-state index in [0.717, 1.165) is 71.1 Å². The molecule has 0 amide bonds. The van der Waals surface area contributed by atoms with Crippen LogP contribution in [0.4, 0.5) is 5.69 Å². The number of rotatable bonds is 7. The van der Waals surface area contributed by atoms with Crippen LogP contribution in [0.2, 0.25) is 0 Å². The number of aromatic nitrogens is 4. The van der Waals surface area contributed by atoms with Gasteiger partial charge in [0.05, 0.1) is 40.8 Å². The van der Waals surface area contributed by atoms with Crippen LogP contribution in [0.5, 0.6) is 0 Å². The molecule has 1 aliphatic rings. The molecule has 4 aromatic rings. The number of fused-ring (bicyclic) bond motifs is 1. The highest BCUT2D eigenvalue weighted by Crippen LogP contribution is 2.30. The number of benzene rings is 1. The van der Waals surface area contributed by atoms with Crippen LogP contribution in [0.25, 0.3) is 33.5 Å². The van der Waals surface area contributed by atoms with Crippen molar-refractivity contribution in [3.8, 4) is 22.6 Å². The quantitative estimate of drug-likeness (QED) is 0.417. The van der Waals surface area contributed by atoms with E-state index < -0.39 is 0 Å². The third-order valence-corrected chi connectivity index (χ3v) is 6.19. The molecule has 0 bridgehead atoms. The lowest BCUT2D eigenvalue weighted by Gasteiger charge is -2.23. The van der Waals surface area contributed by atoms with Crippen LogP contribution in [0.3, 0.4) is 0 Å². The van der Waals surface area contributed by atoms with Gasteiger partial charge in [0.2, 0.25) is 0 Å². The Morgan fingerprint density at radius 1 is 1.16 bits per heavy atom. The highest BCUT2D eigenvalue weighted by Gasteiger charge is 2.18. The van der Waals surface area contributed by atoms with Crippen LogP contribution in [0, 0.1) is 6.92 Å². The number of hydrogen-bond donors (Lipinski definition) is 3. The van der Waals surface area contributed by atoms with Gasteiger partial charge in [-0.25, -0.2) is 4.98 Å². The third-order valence-electron chi connectivity index (χ3n) is 6.19. The molecule has 164 valence electrons.